The third-order valence-electron chi connectivity index (χ3n) is 7.70. The lowest BCUT2D eigenvalue weighted by molar-refractivity contribution is -0.140. The Morgan fingerprint density at radius 3 is 1.78 bits per heavy atom. The zero-order chi connectivity index (χ0) is 25.9. The van der Waals surface area contributed by atoms with E-state index in [9.17, 15) is 14.4 Å². The number of rotatable bonds is 6. The molecule has 0 radical (unpaired) electrons. The molecular formula is C29H24Cl2N2O4. The summed E-state index contributed by atoms with van der Waals surface area (Å²) in [6, 6.07) is 22.1. The number of alkyl halides is 2. The molecule has 0 spiro atoms. The van der Waals surface area contributed by atoms with E-state index in [0.29, 0.717) is 18.0 Å². The van der Waals surface area contributed by atoms with Crippen LogP contribution in [0, 0.1) is 11.8 Å². The van der Waals surface area contributed by atoms with Crippen LogP contribution in [-0.4, -0.2) is 35.8 Å². The van der Waals surface area contributed by atoms with Gasteiger partial charge in [-0.05, 0) is 41.3 Å². The van der Waals surface area contributed by atoms with Gasteiger partial charge in [-0.15, -0.1) is 23.2 Å². The summed E-state index contributed by atoms with van der Waals surface area (Å²) in [6.45, 7) is 2.25. The van der Waals surface area contributed by atoms with Gasteiger partial charge < -0.3 is 10.1 Å². The number of imide groups is 1. The summed E-state index contributed by atoms with van der Waals surface area (Å²) in [5.74, 6) is -2.32. The molecule has 1 N–H and O–H groups in total. The summed E-state index contributed by atoms with van der Waals surface area (Å²) in [4.78, 5) is 39.2. The molecule has 3 aliphatic carbocycles. The fraction of sp³-hybridized carbons (Fsp3) is 0.276. The van der Waals surface area contributed by atoms with Gasteiger partial charge in [0.25, 0.3) is 0 Å². The number of benzene rings is 3. The van der Waals surface area contributed by atoms with Crippen molar-refractivity contribution in [2.45, 2.75) is 23.1 Å². The lowest BCUT2D eigenvalue weighted by Gasteiger charge is -2.54. The van der Waals surface area contributed by atoms with E-state index in [4.69, 9.17) is 27.9 Å². The van der Waals surface area contributed by atoms with Crippen molar-refractivity contribution < 1.29 is 19.1 Å². The van der Waals surface area contributed by atoms with E-state index in [0.717, 1.165) is 27.2 Å². The van der Waals surface area contributed by atoms with Gasteiger partial charge in [0.15, 0.2) is 0 Å². The number of amides is 3. The molecule has 3 aromatic rings. The van der Waals surface area contributed by atoms with Crippen molar-refractivity contribution in [3.05, 3.63) is 95.1 Å². The first-order chi connectivity index (χ1) is 17.8. The first-order valence-corrected chi connectivity index (χ1v) is 13.0. The van der Waals surface area contributed by atoms with Crippen LogP contribution >= 0.6 is 23.2 Å². The molecular weight excluding hydrogens is 511 g/mol. The van der Waals surface area contributed by atoms with Crippen molar-refractivity contribution in [1.29, 1.82) is 0 Å². The van der Waals surface area contributed by atoms with E-state index in [1.165, 1.54) is 0 Å². The molecule has 3 amide bonds. The predicted octanol–water partition coefficient (Wildman–Crippen LogP) is 5.01. The van der Waals surface area contributed by atoms with Gasteiger partial charge in [-0.3, -0.25) is 19.3 Å². The minimum absolute atomic E-state index is 0.0676. The highest BCUT2D eigenvalue weighted by atomic mass is 35.5. The van der Waals surface area contributed by atoms with Crippen LogP contribution in [0.3, 0.4) is 0 Å². The maximum Gasteiger partial charge on any atom is 0.235 e. The Kier molecular flexibility index (Phi) is 5.58. The lowest BCUT2D eigenvalue weighted by atomic mass is 9.54. The minimum atomic E-state index is -1.23. The van der Waals surface area contributed by atoms with Crippen LogP contribution in [0.1, 0.15) is 35.6 Å². The molecule has 4 aliphatic rings. The number of ether oxygens (including phenoxy) is 1. The third kappa shape index (κ3) is 3.22. The van der Waals surface area contributed by atoms with Gasteiger partial charge >= 0.3 is 0 Å². The average molecular weight is 535 g/mol. The number of carbonyl (C=O) groups excluding carboxylic acids is 3. The van der Waals surface area contributed by atoms with Crippen LogP contribution in [0.4, 0.5) is 5.69 Å². The molecule has 2 atom stereocenters. The van der Waals surface area contributed by atoms with E-state index < -0.39 is 33.4 Å². The van der Waals surface area contributed by atoms with Crippen molar-refractivity contribution in [3.63, 3.8) is 0 Å². The van der Waals surface area contributed by atoms with Crippen molar-refractivity contribution in [2.75, 3.05) is 18.5 Å². The molecule has 3 aromatic carbocycles. The largest absolute Gasteiger partial charge is 0.492 e. The number of para-hydroxylation sites is 2. The van der Waals surface area contributed by atoms with E-state index in [1.807, 2.05) is 61.5 Å². The lowest BCUT2D eigenvalue weighted by Crippen LogP contribution is -2.57. The number of likely N-dealkylation sites (tertiary alicyclic amines) is 1. The average Bonchev–Trinajstić information content (AvgIpc) is 3.17. The fourth-order valence-electron chi connectivity index (χ4n) is 6.22. The van der Waals surface area contributed by atoms with E-state index >= 15 is 0 Å². The van der Waals surface area contributed by atoms with Crippen molar-refractivity contribution >= 4 is 46.6 Å². The molecule has 0 unspecified atom stereocenters. The number of nitrogens with zero attached hydrogens (tertiary/aromatic N) is 1. The molecule has 8 heteroatoms. The van der Waals surface area contributed by atoms with Gasteiger partial charge in [0.2, 0.25) is 17.7 Å². The Morgan fingerprint density at radius 1 is 0.838 bits per heavy atom. The van der Waals surface area contributed by atoms with Gasteiger partial charge in [0.05, 0.1) is 24.1 Å². The maximum absolute atomic E-state index is 13.8. The predicted molar refractivity (Wildman–Crippen MR) is 141 cm³/mol. The number of carbonyl (C=O) groups is 3. The van der Waals surface area contributed by atoms with Crippen molar-refractivity contribution in [3.8, 4) is 5.75 Å². The van der Waals surface area contributed by atoms with Gasteiger partial charge in [-0.1, -0.05) is 60.7 Å². The molecule has 1 aliphatic heterocycles. The van der Waals surface area contributed by atoms with E-state index in [1.54, 1.807) is 18.2 Å². The third-order valence-corrected chi connectivity index (χ3v) is 8.98. The van der Waals surface area contributed by atoms with Crippen molar-refractivity contribution in [1.82, 2.24) is 4.90 Å². The Morgan fingerprint density at radius 2 is 1.30 bits per heavy atom. The number of anilines is 1. The normalized spacial score (nSPS) is 26.9. The van der Waals surface area contributed by atoms with Crippen LogP contribution in [-0.2, 0) is 24.1 Å². The molecule has 0 saturated carbocycles. The molecule has 1 fully saturated rings. The van der Waals surface area contributed by atoms with Gasteiger partial charge in [-0.25, -0.2) is 0 Å². The molecule has 1 saturated heterocycles. The maximum atomic E-state index is 13.8. The Labute approximate surface area is 224 Å². The highest BCUT2D eigenvalue weighted by molar-refractivity contribution is 6.36. The summed E-state index contributed by atoms with van der Waals surface area (Å²) in [5.41, 5.74) is 3.53. The van der Waals surface area contributed by atoms with Crippen LogP contribution in [0.25, 0.3) is 0 Å². The first-order valence-electron chi connectivity index (χ1n) is 12.3. The SMILES string of the molecule is CCOc1ccccc1NC(=O)CCN1C(=O)[C@H]2[C@H](C1=O)C1(Cl)c3ccccc3C2(Cl)c2ccccc21. The highest BCUT2D eigenvalue weighted by Crippen LogP contribution is 2.69. The van der Waals surface area contributed by atoms with Gasteiger partial charge in [0.1, 0.15) is 15.5 Å². The second kappa shape index (κ2) is 8.61. The number of nitrogens with one attached hydrogen (secondary N) is 1. The Balaban J connectivity index is 1.31. The van der Waals surface area contributed by atoms with Crippen molar-refractivity contribution in [2.24, 2.45) is 11.8 Å². The molecule has 1 heterocycles. The van der Waals surface area contributed by atoms with Gasteiger partial charge in [0, 0.05) is 13.0 Å². The fourth-order valence-corrected chi connectivity index (χ4v) is 7.32. The second-order valence-corrected chi connectivity index (χ2v) is 10.7. The Bertz CT molecular complexity index is 1330. The van der Waals surface area contributed by atoms with Crippen LogP contribution in [0.5, 0.6) is 5.75 Å². The van der Waals surface area contributed by atoms with E-state index in [2.05, 4.69) is 5.32 Å². The number of halogens is 2. The summed E-state index contributed by atoms with van der Waals surface area (Å²) in [7, 11) is 0. The van der Waals surface area contributed by atoms with E-state index in [-0.39, 0.29) is 18.9 Å². The van der Waals surface area contributed by atoms with Gasteiger partial charge in [-0.2, -0.15) is 0 Å². The second-order valence-electron chi connectivity index (χ2n) is 9.53. The monoisotopic (exact) mass is 534 g/mol. The molecule has 6 nitrogen and oxygen atoms in total. The van der Waals surface area contributed by atoms with Crippen LogP contribution in [0.15, 0.2) is 72.8 Å². The highest BCUT2D eigenvalue weighted by Gasteiger charge is 2.72. The Hall–Kier alpha value is -3.35. The zero-order valence-corrected chi connectivity index (χ0v) is 21.6. The zero-order valence-electron chi connectivity index (χ0n) is 20.0. The topological polar surface area (TPSA) is 75.7 Å². The number of hydrogen-bond donors (Lipinski definition) is 1. The first kappa shape index (κ1) is 24.0. The smallest absolute Gasteiger partial charge is 0.235 e. The summed E-state index contributed by atoms with van der Waals surface area (Å²) < 4.78 is 5.57. The molecule has 2 bridgehead atoms. The molecule has 188 valence electrons. The minimum Gasteiger partial charge on any atom is -0.492 e. The summed E-state index contributed by atoms with van der Waals surface area (Å²) in [5, 5.41) is 2.82. The molecule has 7 rings (SSSR count). The molecule has 0 aromatic heterocycles. The quantitative estimate of drug-likeness (QED) is 0.356. The van der Waals surface area contributed by atoms with Crippen LogP contribution in [0.2, 0.25) is 0 Å². The standard InChI is InChI=1S/C29H24Cl2N2O4/c1-2-37-22-14-8-7-13-21(22)32-23(34)15-16-33-26(35)24-25(27(33)36)29(31)18-10-4-3-9-17(18)28(24,30)19-11-5-6-12-20(19)29/h3-14,24-25H,2,15-16H2,1H3,(H,32,34)/t24-,25-,28?,29?/m1/s1. The van der Waals surface area contributed by atoms with Crippen LogP contribution < -0.4 is 10.1 Å². The number of hydrogen-bond acceptors (Lipinski definition) is 4. The summed E-state index contributed by atoms with van der Waals surface area (Å²) >= 11 is 14.8. The molecule has 37 heavy (non-hydrogen) atoms. The summed E-state index contributed by atoms with van der Waals surface area (Å²) in [6.07, 6.45) is -0.0676.